The first-order chi connectivity index (χ1) is 12.0. The Balaban J connectivity index is 1.78. The Morgan fingerprint density at radius 2 is 2.16 bits per heavy atom. The summed E-state index contributed by atoms with van der Waals surface area (Å²) in [4.78, 5) is 2.52. The van der Waals surface area contributed by atoms with Crippen molar-refractivity contribution in [1.29, 1.82) is 0 Å². The number of methoxy groups -OCH3 is 1. The van der Waals surface area contributed by atoms with Crippen LogP contribution in [-0.2, 0) is 11.8 Å². The van der Waals surface area contributed by atoms with Gasteiger partial charge in [-0.15, -0.1) is 0 Å². The predicted molar refractivity (Wildman–Crippen MR) is 95.9 cm³/mol. The number of ether oxygens (including phenoxy) is 1. The van der Waals surface area contributed by atoms with Crippen molar-refractivity contribution in [2.24, 2.45) is 5.92 Å². The Morgan fingerprint density at radius 3 is 2.92 bits per heavy atom. The quantitative estimate of drug-likeness (QED) is 0.886. The van der Waals surface area contributed by atoms with Crippen LogP contribution in [0.1, 0.15) is 43.2 Å². The number of likely N-dealkylation sites (tertiary alicyclic amines) is 1. The molecule has 0 radical (unpaired) electrons. The number of likely N-dealkylation sites (N-methyl/N-ethyl adjacent to an activating group) is 1. The number of fused-ring (bicyclic) bond motifs is 1. The molecule has 4 rings (SSSR count). The molecule has 1 N–H and O–H groups in total. The lowest BCUT2D eigenvalue weighted by Crippen LogP contribution is -2.59. The van der Waals surface area contributed by atoms with E-state index in [1.54, 1.807) is 7.11 Å². The van der Waals surface area contributed by atoms with Crippen molar-refractivity contribution in [3.8, 4) is 5.75 Å². The van der Waals surface area contributed by atoms with E-state index in [1.807, 2.05) is 0 Å². The van der Waals surface area contributed by atoms with Gasteiger partial charge in [-0.1, -0.05) is 12.8 Å². The molecule has 2 fully saturated rings. The smallest absolute Gasteiger partial charge is 0.255 e. The van der Waals surface area contributed by atoms with E-state index in [0.29, 0.717) is 17.5 Å². The van der Waals surface area contributed by atoms with Crippen molar-refractivity contribution in [1.82, 2.24) is 4.90 Å². The fourth-order valence-electron chi connectivity index (χ4n) is 5.73. The molecule has 0 unspecified atom stereocenters. The SMILES string of the molecule is COc1cc2c(cc1NCC(F)F)C[C@H]1[C@@H]3CCCC[C@]23CCN1C. The van der Waals surface area contributed by atoms with Gasteiger partial charge in [0.25, 0.3) is 6.43 Å². The molecule has 1 saturated heterocycles. The lowest BCUT2D eigenvalue weighted by molar-refractivity contribution is 0.00276. The Kier molecular flexibility index (Phi) is 4.38. The van der Waals surface area contributed by atoms with Gasteiger partial charge in [0.05, 0.1) is 19.3 Å². The van der Waals surface area contributed by atoms with Crippen LogP contribution < -0.4 is 10.1 Å². The number of piperidine rings is 1. The van der Waals surface area contributed by atoms with Crippen molar-refractivity contribution in [2.75, 3.05) is 32.6 Å². The standard InChI is InChI=1S/C20H28F2N2O/c1-24-8-7-20-6-4-3-5-14(20)17(24)10-13-9-16(23-12-19(21)22)18(25-2)11-15(13)20/h9,11,14,17,19,23H,3-8,10,12H2,1-2H3/t14-,17-,20+/m0/s1. The summed E-state index contributed by atoms with van der Waals surface area (Å²) in [5, 5.41) is 2.87. The van der Waals surface area contributed by atoms with Gasteiger partial charge in [-0.2, -0.15) is 0 Å². The van der Waals surface area contributed by atoms with Crippen LogP contribution in [0.25, 0.3) is 0 Å². The van der Waals surface area contributed by atoms with Crippen LogP contribution in [0.2, 0.25) is 0 Å². The van der Waals surface area contributed by atoms with E-state index in [0.717, 1.165) is 18.9 Å². The van der Waals surface area contributed by atoms with Crippen molar-refractivity contribution in [3.05, 3.63) is 23.3 Å². The highest BCUT2D eigenvalue weighted by atomic mass is 19.3. The number of halogens is 2. The molecule has 1 aromatic carbocycles. The number of nitrogens with one attached hydrogen (secondary N) is 1. The maximum Gasteiger partial charge on any atom is 0.255 e. The fraction of sp³-hybridized carbons (Fsp3) is 0.700. The zero-order valence-corrected chi connectivity index (χ0v) is 15.2. The second-order valence-electron chi connectivity index (χ2n) is 7.99. The highest BCUT2D eigenvalue weighted by Crippen LogP contribution is 2.56. The Bertz CT molecular complexity index is 651. The molecule has 0 aromatic heterocycles. The van der Waals surface area contributed by atoms with E-state index in [2.05, 4.69) is 29.4 Å². The minimum atomic E-state index is -2.37. The minimum Gasteiger partial charge on any atom is -0.495 e. The molecular formula is C20H28F2N2O. The molecule has 0 amide bonds. The second-order valence-corrected chi connectivity index (χ2v) is 7.99. The zero-order valence-electron chi connectivity index (χ0n) is 15.2. The van der Waals surface area contributed by atoms with Crippen molar-refractivity contribution >= 4 is 5.69 Å². The Morgan fingerprint density at radius 1 is 1.32 bits per heavy atom. The first kappa shape index (κ1) is 17.1. The molecule has 0 spiro atoms. The zero-order chi connectivity index (χ0) is 17.6. The van der Waals surface area contributed by atoms with E-state index in [9.17, 15) is 8.78 Å². The number of nitrogens with zero attached hydrogens (tertiary/aromatic N) is 1. The Hall–Kier alpha value is -1.36. The molecule has 2 bridgehead atoms. The molecule has 1 saturated carbocycles. The van der Waals surface area contributed by atoms with Gasteiger partial charge in [-0.25, -0.2) is 8.78 Å². The normalized spacial score (nSPS) is 31.4. The molecule has 1 heterocycles. The highest BCUT2D eigenvalue weighted by molar-refractivity contribution is 5.63. The van der Waals surface area contributed by atoms with Crippen LogP contribution in [0.4, 0.5) is 14.5 Å². The summed E-state index contributed by atoms with van der Waals surface area (Å²) < 4.78 is 30.9. The summed E-state index contributed by atoms with van der Waals surface area (Å²) in [7, 11) is 3.87. The lowest BCUT2D eigenvalue weighted by Gasteiger charge is -2.58. The van der Waals surface area contributed by atoms with Gasteiger partial charge in [-0.05, 0) is 68.5 Å². The van der Waals surface area contributed by atoms with Crippen molar-refractivity contribution in [2.45, 2.75) is 56.4 Å². The summed E-state index contributed by atoms with van der Waals surface area (Å²) in [6, 6.07) is 4.82. The summed E-state index contributed by atoms with van der Waals surface area (Å²) in [5.41, 5.74) is 3.72. The highest BCUT2D eigenvalue weighted by Gasteiger charge is 2.53. The van der Waals surface area contributed by atoms with E-state index < -0.39 is 6.43 Å². The van der Waals surface area contributed by atoms with Crippen LogP contribution in [0.5, 0.6) is 5.75 Å². The number of alkyl halides is 2. The fourth-order valence-corrected chi connectivity index (χ4v) is 5.73. The van der Waals surface area contributed by atoms with E-state index in [-0.39, 0.29) is 12.0 Å². The van der Waals surface area contributed by atoms with Gasteiger partial charge < -0.3 is 15.0 Å². The third-order valence-electron chi connectivity index (χ3n) is 6.88. The van der Waals surface area contributed by atoms with E-state index in [4.69, 9.17) is 4.74 Å². The maximum atomic E-state index is 12.6. The number of anilines is 1. The first-order valence-electron chi connectivity index (χ1n) is 9.49. The molecule has 2 aliphatic carbocycles. The topological polar surface area (TPSA) is 24.5 Å². The molecule has 1 aliphatic heterocycles. The van der Waals surface area contributed by atoms with Gasteiger partial charge in [0.15, 0.2) is 0 Å². The van der Waals surface area contributed by atoms with E-state index in [1.165, 1.54) is 43.2 Å². The monoisotopic (exact) mass is 350 g/mol. The predicted octanol–water partition coefficient (Wildman–Crippen LogP) is 4.06. The average molecular weight is 350 g/mol. The number of benzene rings is 1. The van der Waals surface area contributed by atoms with Gasteiger partial charge in [0, 0.05) is 11.5 Å². The summed E-state index contributed by atoms with van der Waals surface area (Å²) in [6.07, 6.45) is 5.03. The van der Waals surface area contributed by atoms with Crippen molar-refractivity contribution in [3.63, 3.8) is 0 Å². The van der Waals surface area contributed by atoms with Crippen LogP contribution in [0.3, 0.4) is 0 Å². The van der Waals surface area contributed by atoms with Crippen LogP contribution >= 0.6 is 0 Å². The lowest BCUT2D eigenvalue weighted by atomic mass is 9.52. The summed E-state index contributed by atoms with van der Waals surface area (Å²) in [5.74, 6) is 1.42. The number of rotatable bonds is 4. The molecule has 3 aliphatic rings. The summed E-state index contributed by atoms with van der Waals surface area (Å²) >= 11 is 0. The maximum absolute atomic E-state index is 12.6. The second kappa shape index (κ2) is 6.42. The van der Waals surface area contributed by atoms with E-state index >= 15 is 0 Å². The molecule has 3 atom stereocenters. The van der Waals surface area contributed by atoms with Crippen LogP contribution in [-0.4, -0.2) is 44.6 Å². The third kappa shape index (κ3) is 2.71. The van der Waals surface area contributed by atoms with Crippen LogP contribution in [0, 0.1) is 5.92 Å². The van der Waals surface area contributed by atoms with Crippen molar-refractivity contribution < 1.29 is 13.5 Å². The molecule has 25 heavy (non-hydrogen) atoms. The van der Waals surface area contributed by atoms with Gasteiger partial charge in [0.2, 0.25) is 0 Å². The molecule has 3 nitrogen and oxygen atoms in total. The average Bonchev–Trinajstić information content (AvgIpc) is 2.62. The molecular weight excluding hydrogens is 322 g/mol. The Labute approximate surface area is 148 Å². The molecule has 138 valence electrons. The molecule has 1 aromatic rings. The third-order valence-corrected chi connectivity index (χ3v) is 6.88. The van der Waals surface area contributed by atoms with Gasteiger partial charge in [-0.3, -0.25) is 0 Å². The first-order valence-corrected chi connectivity index (χ1v) is 9.49. The van der Waals surface area contributed by atoms with Crippen LogP contribution in [0.15, 0.2) is 12.1 Å². The summed E-state index contributed by atoms with van der Waals surface area (Å²) in [6.45, 7) is 0.806. The van der Waals surface area contributed by atoms with Gasteiger partial charge >= 0.3 is 0 Å². The largest absolute Gasteiger partial charge is 0.495 e. The number of hydrogen-bond acceptors (Lipinski definition) is 3. The minimum absolute atomic E-state index is 0.261. The molecule has 5 heteroatoms. The van der Waals surface area contributed by atoms with Gasteiger partial charge in [0.1, 0.15) is 5.75 Å². The number of hydrogen-bond donors (Lipinski definition) is 1.